The molecule has 0 aliphatic carbocycles. The Morgan fingerprint density at radius 1 is 0.667 bits per heavy atom. The molecule has 0 spiro atoms. The van der Waals surface area contributed by atoms with Crippen LogP contribution in [0.15, 0.2) is 68.3 Å². The van der Waals surface area contributed by atoms with Gasteiger partial charge in [-0.15, -0.1) is 0 Å². The summed E-state index contributed by atoms with van der Waals surface area (Å²) in [7, 11) is 0. The van der Waals surface area contributed by atoms with Crippen LogP contribution in [-0.4, -0.2) is 58.1 Å². The second-order valence-corrected chi connectivity index (χ2v) is 9.16. The first kappa shape index (κ1) is 19.4. The summed E-state index contributed by atoms with van der Waals surface area (Å²) in [6, 6.07) is 15.5. The molecule has 6 rings (SSSR count). The van der Waals surface area contributed by atoms with E-state index in [-0.39, 0.29) is 11.8 Å². The molecule has 152 valence electrons. The molecule has 0 aromatic heterocycles. The van der Waals surface area contributed by atoms with Crippen molar-refractivity contribution < 1.29 is 9.59 Å². The summed E-state index contributed by atoms with van der Waals surface area (Å²) in [5, 5.41) is 1.73. The van der Waals surface area contributed by atoms with E-state index in [9.17, 15) is 9.59 Å². The molecule has 4 aliphatic rings. The minimum atomic E-state index is 0.0998. The van der Waals surface area contributed by atoms with Gasteiger partial charge in [-0.3, -0.25) is 29.4 Å². The van der Waals surface area contributed by atoms with Crippen LogP contribution in [0, 0.1) is 0 Å². The van der Waals surface area contributed by atoms with Crippen LogP contribution in [0.1, 0.15) is 33.6 Å². The molecule has 0 bridgehead atoms. The van der Waals surface area contributed by atoms with Crippen LogP contribution in [-0.2, 0) is 0 Å². The van der Waals surface area contributed by atoms with Gasteiger partial charge in [-0.2, -0.15) is 0 Å². The number of aliphatic imine (C=N–C) groups is 2. The zero-order valence-electron chi connectivity index (χ0n) is 16.3. The van der Waals surface area contributed by atoms with E-state index in [4.69, 9.17) is 0 Å². The topological polar surface area (TPSA) is 65.3 Å². The highest BCUT2D eigenvalue weighted by Gasteiger charge is 2.32. The zero-order valence-corrected chi connectivity index (χ0v) is 17.9. The number of rotatable bonds is 0. The fourth-order valence-electron chi connectivity index (χ4n) is 3.67. The van der Waals surface area contributed by atoms with Crippen molar-refractivity contribution in [1.29, 1.82) is 0 Å². The first-order chi connectivity index (χ1) is 14.7. The first-order valence-electron chi connectivity index (χ1n) is 9.99. The largest absolute Gasteiger partial charge is 0.287 e. The summed E-state index contributed by atoms with van der Waals surface area (Å²) in [5.74, 6) is 0.200. The molecule has 2 aromatic carbocycles. The predicted molar refractivity (Wildman–Crippen MR) is 121 cm³/mol. The van der Waals surface area contributed by atoms with E-state index in [0.717, 1.165) is 70.3 Å². The van der Waals surface area contributed by atoms with Gasteiger partial charge in [0.1, 0.15) is 0 Å². The van der Waals surface area contributed by atoms with Crippen LogP contribution in [0.2, 0.25) is 0 Å². The highest BCUT2D eigenvalue weighted by Crippen LogP contribution is 2.34. The molecule has 0 saturated heterocycles. The molecule has 2 amide bonds. The lowest BCUT2D eigenvalue weighted by Crippen LogP contribution is -2.41. The summed E-state index contributed by atoms with van der Waals surface area (Å²) < 4.78 is 0. The van der Waals surface area contributed by atoms with Crippen LogP contribution in [0.5, 0.6) is 0 Å². The van der Waals surface area contributed by atoms with Gasteiger partial charge in [0.25, 0.3) is 11.8 Å². The molecule has 0 atom stereocenters. The number of thioether (sulfide) groups is 2. The van der Waals surface area contributed by atoms with Gasteiger partial charge in [-0.05, 0) is 37.1 Å². The lowest BCUT2D eigenvalue weighted by atomic mass is 10.2. The van der Waals surface area contributed by atoms with Gasteiger partial charge in [-0.1, -0.05) is 47.8 Å². The predicted octanol–water partition coefficient (Wildman–Crippen LogP) is 3.99. The van der Waals surface area contributed by atoms with Gasteiger partial charge in [0.15, 0.2) is 10.3 Å². The van der Waals surface area contributed by atoms with Crippen LogP contribution < -0.4 is 0 Å². The normalized spacial score (nSPS) is 19.3. The molecule has 6 nitrogen and oxygen atoms in total. The van der Waals surface area contributed by atoms with Crippen molar-refractivity contribution in [3.05, 3.63) is 59.7 Å². The molecule has 0 saturated carbocycles. The number of amides is 2. The smallest absolute Gasteiger partial charge is 0.260 e. The monoisotopic (exact) mass is 436 g/mol. The first-order valence-corrected chi connectivity index (χ1v) is 11.6. The number of fused-ring (bicyclic) bond motifs is 4. The second-order valence-electron chi connectivity index (χ2n) is 7.15. The van der Waals surface area contributed by atoms with Gasteiger partial charge < -0.3 is 0 Å². The molecule has 4 aliphatic heterocycles. The third-order valence-corrected chi connectivity index (χ3v) is 7.38. The third kappa shape index (κ3) is 3.54. The van der Waals surface area contributed by atoms with Crippen molar-refractivity contribution >= 4 is 45.7 Å². The quantitative estimate of drug-likeness (QED) is 0.626. The van der Waals surface area contributed by atoms with Crippen molar-refractivity contribution in [2.45, 2.75) is 22.6 Å². The highest BCUT2D eigenvalue weighted by molar-refractivity contribution is 8.14. The maximum Gasteiger partial charge on any atom is 0.260 e. The maximum absolute atomic E-state index is 12.1. The van der Waals surface area contributed by atoms with Crippen LogP contribution in [0.3, 0.4) is 0 Å². The Balaban J connectivity index is 0.000000128. The number of nitrogens with zero attached hydrogens (tertiary/aromatic N) is 4. The van der Waals surface area contributed by atoms with Crippen molar-refractivity contribution in [2.75, 3.05) is 26.2 Å². The summed E-state index contributed by atoms with van der Waals surface area (Å²) in [6.45, 7) is 3.29. The summed E-state index contributed by atoms with van der Waals surface area (Å²) in [5.41, 5.74) is 1.62. The zero-order chi connectivity index (χ0) is 20.5. The Morgan fingerprint density at radius 3 is 1.57 bits per heavy atom. The summed E-state index contributed by atoms with van der Waals surface area (Å²) in [6.07, 6.45) is 1.94. The third-order valence-electron chi connectivity index (χ3n) is 5.16. The van der Waals surface area contributed by atoms with E-state index in [0.29, 0.717) is 0 Å². The molecular formula is C22H20N4O2S2. The van der Waals surface area contributed by atoms with E-state index < -0.39 is 0 Å². The minimum absolute atomic E-state index is 0.0998. The molecule has 8 heteroatoms. The molecule has 0 unspecified atom stereocenters. The molecule has 30 heavy (non-hydrogen) atoms. The maximum atomic E-state index is 12.1. The summed E-state index contributed by atoms with van der Waals surface area (Å²) in [4.78, 5) is 38.6. The number of benzene rings is 2. The van der Waals surface area contributed by atoms with E-state index in [1.165, 1.54) is 0 Å². The Kier molecular flexibility index (Phi) is 5.35. The second kappa shape index (κ2) is 8.28. The fraction of sp³-hybridized carbons (Fsp3) is 0.273. The van der Waals surface area contributed by atoms with Crippen molar-refractivity contribution in [2.24, 2.45) is 9.98 Å². The van der Waals surface area contributed by atoms with Gasteiger partial charge in [-0.25, -0.2) is 0 Å². The number of amidine groups is 2. The number of hydrogen-bond donors (Lipinski definition) is 0. The summed E-state index contributed by atoms with van der Waals surface area (Å²) >= 11 is 3.20. The Labute approximate surface area is 183 Å². The lowest BCUT2D eigenvalue weighted by Gasteiger charge is -2.31. The van der Waals surface area contributed by atoms with E-state index in [1.54, 1.807) is 33.3 Å². The Bertz CT molecular complexity index is 997. The van der Waals surface area contributed by atoms with E-state index in [2.05, 4.69) is 9.98 Å². The molecular weight excluding hydrogens is 416 g/mol. The SMILES string of the molecule is O=C1c2ccccc2SC2=NCCCN12.O=C1c2ccccc2SC2=NCCCN12. The Morgan fingerprint density at radius 2 is 1.10 bits per heavy atom. The van der Waals surface area contributed by atoms with E-state index >= 15 is 0 Å². The van der Waals surface area contributed by atoms with Gasteiger partial charge in [0, 0.05) is 36.0 Å². The van der Waals surface area contributed by atoms with Crippen molar-refractivity contribution in [1.82, 2.24) is 9.80 Å². The molecule has 4 heterocycles. The van der Waals surface area contributed by atoms with Gasteiger partial charge in [0.2, 0.25) is 0 Å². The van der Waals surface area contributed by atoms with Gasteiger partial charge in [0.05, 0.1) is 11.1 Å². The van der Waals surface area contributed by atoms with Crippen LogP contribution >= 0.6 is 23.5 Å². The molecule has 0 fully saturated rings. The van der Waals surface area contributed by atoms with Crippen LogP contribution in [0.25, 0.3) is 0 Å². The van der Waals surface area contributed by atoms with Crippen molar-refractivity contribution in [3.8, 4) is 0 Å². The Hall–Kier alpha value is -2.58. The average molecular weight is 437 g/mol. The molecule has 0 N–H and O–H groups in total. The molecule has 2 aromatic rings. The van der Waals surface area contributed by atoms with Crippen LogP contribution in [0.4, 0.5) is 0 Å². The molecule has 0 radical (unpaired) electrons. The fourth-order valence-corrected chi connectivity index (χ4v) is 5.77. The number of carbonyl (C=O) groups is 2. The van der Waals surface area contributed by atoms with E-state index in [1.807, 2.05) is 48.5 Å². The average Bonchev–Trinajstić information content (AvgIpc) is 2.80. The number of carbonyl (C=O) groups excluding carboxylic acids is 2. The van der Waals surface area contributed by atoms with Crippen molar-refractivity contribution in [3.63, 3.8) is 0 Å². The van der Waals surface area contributed by atoms with Gasteiger partial charge >= 0.3 is 0 Å². The lowest BCUT2D eigenvalue weighted by molar-refractivity contribution is 0.0831. The standard InChI is InChI=1S/2C11H10N2OS/c2*14-10-8-4-1-2-5-9(8)15-11-12-6-3-7-13(10)11/h2*1-2,4-5H,3,6-7H2. The highest BCUT2D eigenvalue weighted by atomic mass is 32.2. The number of hydrogen-bond acceptors (Lipinski definition) is 6. The minimum Gasteiger partial charge on any atom is -0.287 e.